The van der Waals surface area contributed by atoms with Gasteiger partial charge in [-0.25, -0.2) is 0 Å². The van der Waals surface area contributed by atoms with Crippen LogP contribution in [0.25, 0.3) is 0 Å². The highest BCUT2D eigenvalue weighted by Gasteiger charge is 2.29. The van der Waals surface area contributed by atoms with E-state index in [4.69, 9.17) is 4.74 Å². The molecule has 0 aliphatic heterocycles. The lowest BCUT2D eigenvalue weighted by Gasteiger charge is -2.13. The minimum absolute atomic E-state index is 0.288. The highest BCUT2D eigenvalue weighted by Crippen LogP contribution is 2.29. The van der Waals surface area contributed by atoms with Crippen LogP contribution in [0.2, 0.25) is 0 Å². The fraction of sp³-hybridized carbons (Fsp3) is 0.600. The predicted octanol–water partition coefficient (Wildman–Crippen LogP) is 2.58. The van der Waals surface area contributed by atoms with Crippen molar-refractivity contribution < 1.29 is 23.0 Å². The van der Waals surface area contributed by atoms with Gasteiger partial charge in [0.1, 0.15) is 0 Å². The molecular weight excluding hydrogens is 283 g/mol. The van der Waals surface area contributed by atoms with Crippen LogP contribution in [0.5, 0.6) is 0 Å². The van der Waals surface area contributed by atoms with E-state index >= 15 is 0 Å². The van der Waals surface area contributed by atoms with Crippen LogP contribution in [0.1, 0.15) is 24.0 Å². The zero-order valence-electron chi connectivity index (χ0n) is 11.7. The smallest absolute Gasteiger partial charge is 0.389 e. The Morgan fingerprint density at radius 3 is 2.48 bits per heavy atom. The third kappa shape index (κ3) is 6.03. The third-order valence-corrected chi connectivity index (χ3v) is 3.35. The molecule has 1 aromatic carbocycles. The lowest BCUT2D eigenvalue weighted by molar-refractivity contribution is -0.137. The predicted molar refractivity (Wildman–Crippen MR) is 72.7 cm³/mol. The van der Waals surface area contributed by atoms with Gasteiger partial charge in [-0.2, -0.15) is 13.2 Å². The minimum atomic E-state index is -4.30. The highest BCUT2D eigenvalue weighted by molar-refractivity contribution is 5.24. The molecule has 0 spiro atoms. The molecule has 0 radical (unpaired) electrons. The van der Waals surface area contributed by atoms with Gasteiger partial charge in [0.25, 0.3) is 0 Å². The summed E-state index contributed by atoms with van der Waals surface area (Å²) >= 11 is 0. The van der Waals surface area contributed by atoms with Crippen molar-refractivity contribution in [2.24, 2.45) is 5.92 Å². The molecule has 1 saturated carbocycles. The molecule has 0 amide bonds. The van der Waals surface area contributed by atoms with E-state index in [0.29, 0.717) is 25.6 Å². The number of ether oxygens (including phenoxy) is 1. The van der Waals surface area contributed by atoms with Crippen molar-refractivity contribution in [1.82, 2.24) is 5.32 Å². The number of aliphatic hydroxyl groups is 1. The number of rotatable bonds is 8. The first-order chi connectivity index (χ1) is 9.95. The van der Waals surface area contributed by atoms with Gasteiger partial charge < -0.3 is 15.2 Å². The van der Waals surface area contributed by atoms with Gasteiger partial charge in [0.15, 0.2) is 0 Å². The lowest BCUT2D eigenvalue weighted by atomic mass is 10.1. The SMILES string of the molecule is OC(CNCc1ccc(C(F)(F)F)cc1)COCC1CC1. The highest BCUT2D eigenvalue weighted by atomic mass is 19.4. The standard InChI is InChI=1S/C15H20F3NO2/c16-15(17,18)13-5-3-11(4-6-13)7-19-8-14(20)10-21-9-12-1-2-12/h3-6,12,14,19-20H,1-2,7-10H2. The Morgan fingerprint density at radius 2 is 1.90 bits per heavy atom. The summed E-state index contributed by atoms with van der Waals surface area (Å²) in [5, 5.41) is 12.7. The first-order valence-corrected chi connectivity index (χ1v) is 7.08. The van der Waals surface area contributed by atoms with Crippen LogP contribution in [-0.2, 0) is 17.5 Å². The van der Waals surface area contributed by atoms with Crippen molar-refractivity contribution >= 4 is 0 Å². The molecule has 1 unspecified atom stereocenters. The molecule has 1 aliphatic carbocycles. The van der Waals surface area contributed by atoms with Crippen molar-refractivity contribution in [2.75, 3.05) is 19.8 Å². The van der Waals surface area contributed by atoms with E-state index in [0.717, 1.165) is 17.7 Å². The third-order valence-electron chi connectivity index (χ3n) is 3.35. The van der Waals surface area contributed by atoms with Gasteiger partial charge in [-0.05, 0) is 36.5 Å². The van der Waals surface area contributed by atoms with Gasteiger partial charge in [-0.15, -0.1) is 0 Å². The Kier molecular flexibility index (Phi) is 5.61. The molecule has 118 valence electrons. The Hall–Kier alpha value is -1.11. The minimum Gasteiger partial charge on any atom is -0.389 e. The Labute approximate surface area is 122 Å². The molecule has 2 N–H and O–H groups in total. The number of alkyl halides is 3. The zero-order chi connectivity index (χ0) is 15.3. The fourth-order valence-corrected chi connectivity index (χ4v) is 1.91. The number of hydrogen-bond acceptors (Lipinski definition) is 3. The molecule has 2 rings (SSSR count). The first kappa shape index (κ1) is 16.3. The van der Waals surface area contributed by atoms with Gasteiger partial charge in [0.05, 0.1) is 18.3 Å². The quantitative estimate of drug-likeness (QED) is 0.775. The van der Waals surface area contributed by atoms with E-state index < -0.39 is 17.8 Å². The number of hydrogen-bond donors (Lipinski definition) is 2. The van der Waals surface area contributed by atoms with Crippen LogP contribution in [0.4, 0.5) is 13.2 Å². The van der Waals surface area contributed by atoms with E-state index in [1.807, 2.05) is 0 Å². The number of halogens is 3. The number of benzene rings is 1. The summed E-state index contributed by atoms with van der Waals surface area (Å²) in [5.41, 5.74) is 0.0915. The van der Waals surface area contributed by atoms with E-state index in [1.54, 1.807) is 0 Å². The summed E-state index contributed by atoms with van der Waals surface area (Å²) in [6.07, 6.45) is -2.48. The first-order valence-electron chi connectivity index (χ1n) is 7.08. The van der Waals surface area contributed by atoms with E-state index in [-0.39, 0.29) is 6.61 Å². The summed E-state index contributed by atoms with van der Waals surface area (Å²) < 4.78 is 42.5. The molecule has 1 fully saturated rings. The second kappa shape index (κ2) is 7.24. The molecule has 0 bridgehead atoms. The molecule has 3 nitrogen and oxygen atoms in total. The van der Waals surface area contributed by atoms with Gasteiger partial charge in [0.2, 0.25) is 0 Å². The molecule has 1 aliphatic rings. The van der Waals surface area contributed by atoms with E-state index in [2.05, 4.69) is 5.32 Å². The molecule has 0 heterocycles. The molecule has 1 aromatic rings. The molecule has 21 heavy (non-hydrogen) atoms. The maximum absolute atomic E-state index is 12.4. The summed E-state index contributed by atoms with van der Waals surface area (Å²) in [5.74, 6) is 0.664. The molecule has 6 heteroatoms. The maximum atomic E-state index is 12.4. The van der Waals surface area contributed by atoms with Crippen molar-refractivity contribution in [3.63, 3.8) is 0 Å². The fourth-order valence-electron chi connectivity index (χ4n) is 1.91. The van der Waals surface area contributed by atoms with Crippen LogP contribution < -0.4 is 5.32 Å². The van der Waals surface area contributed by atoms with Crippen molar-refractivity contribution in [1.29, 1.82) is 0 Å². The second-order valence-electron chi connectivity index (χ2n) is 5.46. The Morgan fingerprint density at radius 1 is 1.24 bits per heavy atom. The maximum Gasteiger partial charge on any atom is 0.416 e. The number of nitrogens with one attached hydrogen (secondary N) is 1. The summed E-state index contributed by atoms with van der Waals surface area (Å²) in [4.78, 5) is 0. The van der Waals surface area contributed by atoms with Crippen molar-refractivity contribution in [3.8, 4) is 0 Å². The van der Waals surface area contributed by atoms with Crippen LogP contribution in [-0.4, -0.2) is 31.0 Å². The van der Waals surface area contributed by atoms with Gasteiger partial charge in [-0.1, -0.05) is 12.1 Å². The normalized spacial score (nSPS) is 17.0. The van der Waals surface area contributed by atoms with Gasteiger partial charge in [-0.3, -0.25) is 0 Å². The van der Waals surface area contributed by atoms with E-state index in [9.17, 15) is 18.3 Å². The summed E-state index contributed by atoms with van der Waals surface area (Å²) in [6.45, 7) is 1.76. The van der Waals surface area contributed by atoms with Crippen LogP contribution >= 0.6 is 0 Å². The Balaban J connectivity index is 1.63. The monoisotopic (exact) mass is 303 g/mol. The summed E-state index contributed by atoms with van der Waals surface area (Å²) in [6, 6.07) is 5.00. The second-order valence-corrected chi connectivity index (χ2v) is 5.46. The largest absolute Gasteiger partial charge is 0.416 e. The molecule has 1 atom stereocenters. The van der Waals surface area contributed by atoms with Crippen LogP contribution in [0.15, 0.2) is 24.3 Å². The van der Waals surface area contributed by atoms with Crippen LogP contribution in [0.3, 0.4) is 0 Å². The Bertz CT molecular complexity index is 430. The average molecular weight is 303 g/mol. The van der Waals surface area contributed by atoms with Gasteiger partial charge >= 0.3 is 6.18 Å². The molecule has 0 saturated heterocycles. The lowest BCUT2D eigenvalue weighted by Crippen LogP contribution is -2.30. The molecular formula is C15H20F3NO2. The average Bonchev–Trinajstić information content (AvgIpc) is 3.22. The zero-order valence-corrected chi connectivity index (χ0v) is 11.7. The van der Waals surface area contributed by atoms with Crippen molar-refractivity contribution in [2.45, 2.75) is 31.7 Å². The van der Waals surface area contributed by atoms with E-state index in [1.165, 1.54) is 25.0 Å². The van der Waals surface area contributed by atoms with Gasteiger partial charge in [0, 0.05) is 19.7 Å². The number of aliphatic hydroxyl groups excluding tert-OH is 1. The van der Waals surface area contributed by atoms with Crippen molar-refractivity contribution in [3.05, 3.63) is 35.4 Å². The topological polar surface area (TPSA) is 41.5 Å². The summed E-state index contributed by atoms with van der Waals surface area (Å²) in [7, 11) is 0. The van der Waals surface area contributed by atoms with Crippen LogP contribution in [0, 0.1) is 5.92 Å². The molecule has 0 aromatic heterocycles.